The Morgan fingerprint density at radius 1 is 1.00 bits per heavy atom. The summed E-state index contributed by atoms with van der Waals surface area (Å²) in [5.74, 6) is 0.897. The van der Waals surface area contributed by atoms with Gasteiger partial charge in [0.05, 0.1) is 0 Å². The maximum atomic E-state index is 2.41. The number of rotatable bonds is 3. The number of hydrogen-bond acceptors (Lipinski definition) is 0. The van der Waals surface area contributed by atoms with Gasteiger partial charge in [-0.15, -0.1) is 0 Å². The van der Waals surface area contributed by atoms with Gasteiger partial charge in [0, 0.05) is 17.7 Å². The molecular weight excluding hydrogens is 266 g/mol. The highest BCUT2D eigenvalue weighted by Crippen LogP contribution is 2.28. The number of nitrogens with zero attached hydrogens (tertiary/aromatic N) is 1. The van der Waals surface area contributed by atoms with E-state index in [0.29, 0.717) is 0 Å². The molecule has 22 heavy (non-hydrogen) atoms. The molecule has 0 atom stereocenters. The van der Waals surface area contributed by atoms with E-state index < -0.39 is 0 Å². The van der Waals surface area contributed by atoms with Crippen LogP contribution in [-0.2, 0) is 13.5 Å². The van der Waals surface area contributed by atoms with Crippen molar-refractivity contribution in [3.63, 3.8) is 0 Å². The highest BCUT2D eigenvalue weighted by molar-refractivity contribution is 5.62. The summed E-state index contributed by atoms with van der Waals surface area (Å²) in [7, 11) is 2.15. The molecular formula is C21H28N+. The Morgan fingerprint density at radius 3 is 2.50 bits per heavy atom. The van der Waals surface area contributed by atoms with Gasteiger partial charge in [0.15, 0.2) is 6.20 Å². The molecule has 0 radical (unpaired) electrons. The van der Waals surface area contributed by atoms with Crippen molar-refractivity contribution in [1.82, 2.24) is 0 Å². The lowest BCUT2D eigenvalue weighted by atomic mass is 9.85. The zero-order chi connectivity index (χ0) is 15.5. The quantitative estimate of drug-likeness (QED) is 0.708. The largest absolute Gasteiger partial charge is 0.212 e. The standard InChI is InChI=1S/C21H28N/c1-16-9-10-20(17(2)13-16)21-15-19(11-12-22(21)3)14-18-7-5-4-6-8-18/h9-13,15,18H,4-8,14H2,1-3H3/q+1. The summed E-state index contributed by atoms with van der Waals surface area (Å²) in [6.45, 7) is 4.38. The molecule has 1 nitrogen and oxygen atoms in total. The molecule has 116 valence electrons. The maximum absolute atomic E-state index is 2.41. The van der Waals surface area contributed by atoms with E-state index in [-0.39, 0.29) is 0 Å². The van der Waals surface area contributed by atoms with Crippen molar-refractivity contribution >= 4 is 0 Å². The zero-order valence-electron chi connectivity index (χ0n) is 14.2. The van der Waals surface area contributed by atoms with Crippen LogP contribution in [0.1, 0.15) is 48.8 Å². The van der Waals surface area contributed by atoms with Crippen LogP contribution in [0, 0.1) is 19.8 Å². The van der Waals surface area contributed by atoms with E-state index in [4.69, 9.17) is 0 Å². The van der Waals surface area contributed by atoms with E-state index in [1.165, 1.54) is 66.5 Å². The highest BCUT2D eigenvalue weighted by atomic mass is 14.9. The number of benzene rings is 1. The molecule has 0 unspecified atom stereocenters. The first kappa shape index (κ1) is 15.3. The normalized spacial score (nSPS) is 16.0. The van der Waals surface area contributed by atoms with Crippen LogP contribution >= 0.6 is 0 Å². The Labute approximate surface area is 135 Å². The minimum atomic E-state index is 0.897. The Bertz CT molecular complexity index is 651. The maximum Gasteiger partial charge on any atom is 0.212 e. The summed E-state index contributed by atoms with van der Waals surface area (Å²) in [6.07, 6.45) is 10.6. The predicted octanol–water partition coefficient (Wildman–Crippen LogP) is 4.92. The van der Waals surface area contributed by atoms with Crippen LogP contribution in [0.4, 0.5) is 0 Å². The van der Waals surface area contributed by atoms with E-state index in [2.05, 4.69) is 62.0 Å². The number of pyridine rings is 1. The molecule has 1 fully saturated rings. The molecule has 0 aliphatic heterocycles. The zero-order valence-corrected chi connectivity index (χ0v) is 14.2. The Morgan fingerprint density at radius 2 is 1.77 bits per heavy atom. The summed E-state index contributed by atoms with van der Waals surface area (Å²) in [6, 6.07) is 11.5. The van der Waals surface area contributed by atoms with Gasteiger partial charge in [-0.1, -0.05) is 49.8 Å². The van der Waals surface area contributed by atoms with Gasteiger partial charge in [-0.3, -0.25) is 0 Å². The van der Waals surface area contributed by atoms with Gasteiger partial charge < -0.3 is 0 Å². The summed E-state index contributed by atoms with van der Waals surface area (Å²) in [4.78, 5) is 0. The van der Waals surface area contributed by atoms with E-state index in [1.54, 1.807) is 0 Å². The van der Waals surface area contributed by atoms with Crippen LogP contribution in [0.15, 0.2) is 36.5 Å². The molecule has 0 N–H and O–H groups in total. The third kappa shape index (κ3) is 3.40. The highest BCUT2D eigenvalue weighted by Gasteiger charge is 2.17. The molecule has 3 rings (SSSR count). The molecule has 0 saturated heterocycles. The van der Waals surface area contributed by atoms with Crippen molar-refractivity contribution in [2.45, 2.75) is 52.4 Å². The molecule has 1 heterocycles. The lowest BCUT2D eigenvalue weighted by Crippen LogP contribution is -2.31. The minimum absolute atomic E-state index is 0.897. The summed E-state index contributed by atoms with van der Waals surface area (Å²) in [5.41, 5.74) is 6.90. The van der Waals surface area contributed by atoms with Crippen molar-refractivity contribution in [2.75, 3.05) is 0 Å². The first-order chi connectivity index (χ1) is 10.6. The third-order valence-corrected chi connectivity index (χ3v) is 5.12. The average molecular weight is 294 g/mol. The SMILES string of the molecule is Cc1ccc(-c2cc(CC3CCCCC3)cc[n+]2C)c(C)c1. The van der Waals surface area contributed by atoms with E-state index >= 15 is 0 Å². The van der Waals surface area contributed by atoms with Crippen molar-refractivity contribution < 1.29 is 4.57 Å². The summed E-state index contributed by atoms with van der Waals surface area (Å²) >= 11 is 0. The van der Waals surface area contributed by atoms with Crippen molar-refractivity contribution in [1.29, 1.82) is 0 Å². The Kier molecular flexibility index (Phi) is 4.61. The molecule has 1 aliphatic rings. The summed E-state index contributed by atoms with van der Waals surface area (Å²) < 4.78 is 2.25. The lowest BCUT2D eigenvalue weighted by Gasteiger charge is -2.21. The molecule has 1 aromatic carbocycles. The number of hydrogen-bond donors (Lipinski definition) is 0. The molecule has 0 bridgehead atoms. The molecule has 1 aliphatic carbocycles. The number of aryl methyl sites for hydroxylation is 3. The number of aromatic nitrogens is 1. The van der Waals surface area contributed by atoms with Gasteiger partial charge in [-0.05, 0) is 43.4 Å². The second-order valence-corrected chi connectivity index (χ2v) is 7.06. The monoisotopic (exact) mass is 294 g/mol. The molecule has 2 aromatic rings. The van der Waals surface area contributed by atoms with Gasteiger partial charge in [0.2, 0.25) is 5.69 Å². The van der Waals surface area contributed by atoms with Crippen LogP contribution in [-0.4, -0.2) is 0 Å². The Hall–Kier alpha value is -1.63. The second kappa shape index (κ2) is 6.64. The first-order valence-electron chi connectivity index (χ1n) is 8.69. The third-order valence-electron chi connectivity index (χ3n) is 5.12. The van der Waals surface area contributed by atoms with Gasteiger partial charge >= 0.3 is 0 Å². The van der Waals surface area contributed by atoms with E-state index in [0.717, 1.165) is 5.92 Å². The van der Waals surface area contributed by atoms with Gasteiger partial charge in [0.1, 0.15) is 7.05 Å². The van der Waals surface area contributed by atoms with Crippen molar-refractivity contribution in [2.24, 2.45) is 13.0 Å². The molecule has 1 saturated carbocycles. The molecule has 0 spiro atoms. The van der Waals surface area contributed by atoms with Gasteiger partial charge in [0.25, 0.3) is 0 Å². The van der Waals surface area contributed by atoms with Gasteiger partial charge in [-0.2, -0.15) is 0 Å². The second-order valence-electron chi connectivity index (χ2n) is 7.06. The van der Waals surface area contributed by atoms with Crippen LogP contribution < -0.4 is 4.57 Å². The fraction of sp³-hybridized carbons (Fsp3) is 0.476. The first-order valence-corrected chi connectivity index (χ1v) is 8.69. The van der Waals surface area contributed by atoms with Crippen LogP contribution in [0.3, 0.4) is 0 Å². The summed E-state index contributed by atoms with van der Waals surface area (Å²) in [5, 5.41) is 0. The van der Waals surface area contributed by atoms with Crippen molar-refractivity contribution in [3.8, 4) is 11.3 Å². The lowest BCUT2D eigenvalue weighted by molar-refractivity contribution is -0.660. The predicted molar refractivity (Wildman–Crippen MR) is 92.8 cm³/mol. The van der Waals surface area contributed by atoms with Crippen LogP contribution in [0.25, 0.3) is 11.3 Å². The average Bonchev–Trinajstić information content (AvgIpc) is 2.51. The minimum Gasteiger partial charge on any atom is -0.201 e. The molecule has 0 amide bonds. The van der Waals surface area contributed by atoms with Crippen molar-refractivity contribution in [3.05, 3.63) is 53.2 Å². The molecule has 1 aromatic heterocycles. The topological polar surface area (TPSA) is 3.88 Å². The Balaban J connectivity index is 1.89. The molecule has 1 heteroatoms. The fourth-order valence-corrected chi connectivity index (χ4v) is 3.83. The smallest absolute Gasteiger partial charge is 0.201 e. The van der Waals surface area contributed by atoms with E-state index in [1.807, 2.05) is 0 Å². The van der Waals surface area contributed by atoms with E-state index in [9.17, 15) is 0 Å². The fourth-order valence-electron chi connectivity index (χ4n) is 3.83. The van der Waals surface area contributed by atoms with Crippen LogP contribution in [0.5, 0.6) is 0 Å². The van der Waals surface area contributed by atoms with Crippen LogP contribution in [0.2, 0.25) is 0 Å². The van der Waals surface area contributed by atoms with Gasteiger partial charge in [-0.25, -0.2) is 4.57 Å².